The number of nitrogens with one attached hydrogen (secondary N) is 3. The van der Waals surface area contributed by atoms with Gasteiger partial charge >= 0.3 is 0 Å². The molecular weight excluding hydrogens is 285 g/mol. The van der Waals surface area contributed by atoms with Crippen LogP contribution >= 0.6 is 23.2 Å². The first kappa shape index (κ1) is 18.3. The quantitative estimate of drug-likeness (QED) is 0.246. The first-order chi connectivity index (χ1) is 8.52. The molecule has 0 saturated heterocycles. The molecule has 2 unspecified atom stereocenters. The summed E-state index contributed by atoms with van der Waals surface area (Å²) in [7, 11) is 0. The van der Waals surface area contributed by atoms with Crippen molar-refractivity contribution in [3.05, 3.63) is 0 Å². The van der Waals surface area contributed by atoms with Crippen molar-refractivity contribution in [1.82, 2.24) is 16.2 Å². The van der Waals surface area contributed by atoms with Gasteiger partial charge in [0.25, 0.3) is 0 Å². The maximum atomic E-state index is 13.1. The molecule has 2 atom stereocenters. The zero-order valence-electron chi connectivity index (χ0n) is 10.3. The predicted molar refractivity (Wildman–Crippen MR) is 72.5 cm³/mol. The zero-order chi connectivity index (χ0) is 13.9. The molecule has 0 aliphatic heterocycles. The highest BCUT2D eigenvalue weighted by Crippen LogP contribution is 2.12. The Balaban J connectivity index is 3.21. The summed E-state index contributed by atoms with van der Waals surface area (Å²) in [6.07, 6.45) is 1.81. The van der Waals surface area contributed by atoms with Crippen molar-refractivity contribution < 1.29 is 8.87 Å². The molecule has 0 saturated carbocycles. The van der Waals surface area contributed by atoms with Crippen molar-refractivity contribution in [3.63, 3.8) is 0 Å². The highest BCUT2D eigenvalue weighted by atomic mass is 35.5. The average Bonchev–Trinajstić information content (AvgIpc) is 2.33. The Morgan fingerprint density at radius 2 is 1.78 bits per heavy atom. The van der Waals surface area contributed by atoms with Crippen LogP contribution in [0.4, 0.5) is 8.87 Å². The predicted octanol–water partition coefficient (Wildman–Crippen LogP) is 0.891. The maximum Gasteiger partial charge on any atom is 0.207 e. The van der Waals surface area contributed by atoms with E-state index in [0.29, 0.717) is 13.1 Å². The van der Waals surface area contributed by atoms with Crippen molar-refractivity contribution >= 4 is 23.2 Å². The summed E-state index contributed by atoms with van der Waals surface area (Å²) in [5.41, 5.74) is 6.65. The molecule has 4 nitrogen and oxygen atoms in total. The van der Waals surface area contributed by atoms with Crippen LogP contribution in [0, 0.1) is 0 Å². The zero-order valence-corrected chi connectivity index (χ0v) is 11.8. The SMILES string of the molecule is NCC(F)(Cl)CNCCCCNCC(Cl)CNF. The fourth-order valence-corrected chi connectivity index (χ4v) is 1.52. The van der Waals surface area contributed by atoms with Crippen LogP contribution in [0.15, 0.2) is 0 Å². The van der Waals surface area contributed by atoms with Crippen LogP contribution < -0.4 is 21.9 Å². The van der Waals surface area contributed by atoms with Crippen LogP contribution in [0.1, 0.15) is 12.8 Å². The molecular formula is C10H22Cl2F2N4. The molecule has 18 heavy (non-hydrogen) atoms. The smallest absolute Gasteiger partial charge is 0.207 e. The molecule has 0 radical (unpaired) electrons. The molecule has 0 aliphatic rings. The summed E-state index contributed by atoms with van der Waals surface area (Å²) >= 11 is 11.2. The van der Waals surface area contributed by atoms with Gasteiger partial charge in [0.1, 0.15) is 0 Å². The van der Waals surface area contributed by atoms with Crippen LogP contribution in [0.2, 0.25) is 0 Å². The number of alkyl halides is 3. The van der Waals surface area contributed by atoms with Gasteiger partial charge in [-0.05, 0) is 25.9 Å². The van der Waals surface area contributed by atoms with E-state index in [0.717, 1.165) is 19.4 Å². The normalized spacial score (nSPS) is 16.5. The molecule has 5 N–H and O–H groups in total. The van der Waals surface area contributed by atoms with Gasteiger partial charge in [0, 0.05) is 26.2 Å². The Kier molecular flexibility index (Phi) is 11.3. The number of rotatable bonds is 12. The molecule has 8 heteroatoms. The van der Waals surface area contributed by atoms with E-state index >= 15 is 0 Å². The Morgan fingerprint density at radius 3 is 2.33 bits per heavy atom. The minimum atomic E-state index is -1.86. The lowest BCUT2D eigenvalue weighted by Gasteiger charge is -2.16. The molecule has 0 fully saturated rings. The molecule has 0 bridgehead atoms. The maximum absolute atomic E-state index is 13.1. The van der Waals surface area contributed by atoms with E-state index in [9.17, 15) is 8.87 Å². The van der Waals surface area contributed by atoms with Crippen LogP contribution in [0.25, 0.3) is 0 Å². The van der Waals surface area contributed by atoms with E-state index in [1.165, 1.54) is 5.54 Å². The van der Waals surface area contributed by atoms with E-state index in [1.54, 1.807) is 0 Å². The average molecular weight is 307 g/mol. The van der Waals surface area contributed by atoms with Gasteiger partial charge in [0.05, 0.1) is 5.38 Å². The van der Waals surface area contributed by atoms with Crippen LogP contribution in [-0.4, -0.2) is 49.8 Å². The van der Waals surface area contributed by atoms with Gasteiger partial charge < -0.3 is 16.4 Å². The lowest BCUT2D eigenvalue weighted by Crippen LogP contribution is -2.38. The molecule has 110 valence electrons. The third-order valence-corrected chi connectivity index (χ3v) is 2.90. The molecule has 0 aromatic rings. The molecule has 0 rings (SSSR count). The second-order valence-electron chi connectivity index (χ2n) is 4.08. The van der Waals surface area contributed by atoms with E-state index in [-0.39, 0.29) is 25.0 Å². The molecule has 0 heterocycles. The van der Waals surface area contributed by atoms with Gasteiger partial charge in [-0.15, -0.1) is 16.1 Å². The molecule has 0 amide bonds. The monoisotopic (exact) mass is 306 g/mol. The van der Waals surface area contributed by atoms with E-state index in [1.807, 2.05) is 0 Å². The van der Waals surface area contributed by atoms with Gasteiger partial charge in [-0.2, -0.15) is 5.54 Å². The molecule has 0 spiro atoms. The van der Waals surface area contributed by atoms with Crippen molar-refractivity contribution in [1.29, 1.82) is 0 Å². The summed E-state index contributed by atoms with van der Waals surface area (Å²) in [5.74, 6) is 0. The number of unbranched alkanes of at least 4 members (excludes halogenated alkanes) is 1. The van der Waals surface area contributed by atoms with Gasteiger partial charge in [0.2, 0.25) is 5.13 Å². The number of nitrogens with two attached hydrogens (primary N) is 1. The summed E-state index contributed by atoms with van der Waals surface area (Å²) in [4.78, 5) is 0. The highest BCUT2D eigenvalue weighted by Gasteiger charge is 2.22. The van der Waals surface area contributed by atoms with Gasteiger partial charge in [0.15, 0.2) is 0 Å². The molecule has 0 aliphatic carbocycles. The molecule has 0 aromatic heterocycles. The summed E-state index contributed by atoms with van der Waals surface area (Å²) < 4.78 is 24.8. The van der Waals surface area contributed by atoms with E-state index in [4.69, 9.17) is 28.9 Å². The van der Waals surface area contributed by atoms with Crippen LogP contribution in [-0.2, 0) is 0 Å². The number of hydrogen-bond acceptors (Lipinski definition) is 4. The Hall–Kier alpha value is 0.280. The highest BCUT2D eigenvalue weighted by molar-refractivity contribution is 6.23. The number of halogens is 4. The van der Waals surface area contributed by atoms with Crippen LogP contribution in [0.5, 0.6) is 0 Å². The van der Waals surface area contributed by atoms with Crippen molar-refractivity contribution in [2.45, 2.75) is 23.3 Å². The number of hydrogen-bond donors (Lipinski definition) is 4. The van der Waals surface area contributed by atoms with Gasteiger partial charge in [-0.1, -0.05) is 11.6 Å². The van der Waals surface area contributed by atoms with E-state index in [2.05, 4.69) is 10.6 Å². The topological polar surface area (TPSA) is 62.1 Å². The Bertz CT molecular complexity index is 199. The minimum Gasteiger partial charge on any atom is -0.326 e. The second kappa shape index (κ2) is 11.1. The van der Waals surface area contributed by atoms with Gasteiger partial charge in [-0.25, -0.2) is 4.39 Å². The Morgan fingerprint density at radius 1 is 1.17 bits per heavy atom. The first-order valence-electron chi connectivity index (χ1n) is 5.98. The minimum absolute atomic E-state index is 0.0460. The van der Waals surface area contributed by atoms with Crippen LogP contribution in [0.3, 0.4) is 0 Å². The first-order valence-corrected chi connectivity index (χ1v) is 6.80. The van der Waals surface area contributed by atoms with Crippen molar-refractivity contribution in [2.75, 3.05) is 39.3 Å². The van der Waals surface area contributed by atoms with Crippen molar-refractivity contribution in [3.8, 4) is 0 Å². The summed E-state index contributed by atoms with van der Waals surface area (Å²) in [5, 5.41) is 3.88. The standard InChI is InChI=1S/C10H22Cl2F2N4/c11-9(6-18-14)5-16-3-1-2-4-17-8-10(12,13)7-15/h9,16-18H,1-8,15H2. The van der Waals surface area contributed by atoms with Gasteiger partial charge in [-0.3, -0.25) is 0 Å². The summed E-state index contributed by atoms with van der Waals surface area (Å²) in [6, 6.07) is 0. The fraction of sp³-hybridized carbons (Fsp3) is 1.00. The lowest BCUT2D eigenvalue weighted by molar-refractivity contribution is 0.275. The molecule has 0 aromatic carbocycles. The fourth-order valence-electron chi connectivity index (χ4n) is 1.26. The van der Waals surface area contributed by atoms with E-state index < -0.39 is 5.13 Å². The third-order valence-electron chi connectivity index (χ3n) is 2.30. The summed E-state index contributed by atoms with van der Waals surface area (Å²) in [6.45, 7) is 1.98. The second-order valence-corrected chi connectivity index (χ2v) is 5.38. The lowest BCUT2D eigenvalue weighted by atomic mass is 10.3. The van der Waals surface area contributed by atoms with Crippen molar-refractivity contribution in [2.24, 2.45) is 5.73 Å². The third kappa shape index (κ3) is 11.4. The Labute approximate surface area is 117 Å². The largest absolute Gasteiger partial charge is 0.326 e.